The molecule has 3 rings (SSSR count). The maximum atomic E-state index is 5.82. The van der Waals surface area contributed by atoms with Crippen LogP contribution >= 0.6 is 11.6 Å². The predicted molar refractivity (Wildman–Crippen MR) is 58.8 cm³/mol. The molecular weight excluding hydrogens is 212 g/mol. The van der Waals surface area contributed by atoms with Gasteiger partial charge in [0.05, 0.1) is 5.71 Å². The Balaban J connectivity index is 1.59. The normalized spacial score (nSPS) is 27.4. The summed E-state index contributed by atoms with van der Waals surface area (Å²) in [7, 11) is 0. The van der Waals surface area contributed by atoms with Crippen LogP contribution in [0.2, 0.25) is 5.02 Å². The van der Waals surface area contributed by atoms with Crippen LogP contribution in [0, 0.1) is 0 Å². The van der Waals surface area contributed by atoms with Crippen LogP contribution in [0.5, 0.6) is 0 Å². The Bertz CT molecular complexity index is 402. The number of hydroxylamine groups is 2. The van der Waals surface area contributed by atoms with E-state index in [1.54, 1.807) is 0 Å². The van der Waals surface area contributed by atoms with E-state index in [2.05, 4.69) is 17.1 Å². The molecule has 1 aromatic rings. The van der Waals surface area contributed by atoms with Gasteiger partial charge in [-0.2, -0.15) is 0 Å². The standard InChI is InChI=1S/C11H11ClN2O/c12-9-4-1-8(2-5-9)3-6-10-11-14(15-11)7-13-10/h1-2,4-5,11H,3,6-7H2. The van der Waals surface area contributed by atoms with Gasteiger partial charge in [0, 0.05) is 5.02 Å². The fourth-order valence-corrected chi connectivity index (χ4v) is 1.93. The molecule has 3 nitrogen and oxygen atoms in total. The molecule has 2 aliphatic heterocycles. The van der Waals surface area contributed by atoms with E-state index in [0.717, 1.165) is 17.9 Å². The maximum absolute atomic E-state index is 5.82. The molecule has 0 N–H and O–H groups in total. The molecule has 0 spiro atoms. The van der Waals surface area contributed by atoms with Crippen LogP contribution in [-0.2, 0) is 11.3 Å². The Hall–Kier alpha value is -0.900. The zero-order valence-corrected chi connectivity index (χ0v) is 8.94. The lowest BCUT2D eigenvalue weighted by Crippen LogP contribution is -2.06. The summed E-state index contributed by atoms with van der Waals surface area (Å²) in [4.78, 5) is 9.65. The molecule has 2 heterocycles. The minimum Gasteiger partial charge on any atom is -0.272 e. The van der Waals surface area contributed by atoms with Crippen molar-refractivity contribution >= 4 is 17.3 Å². The number of rotatable bonds is 3. The smallest absolute Gasteiger partial charge is 0.194 e. The summed E-state index contributed by atoms with van der Waals surface area (Å²) in [6, 6.07) is 7.97. The highest BCUT2D eigenvalue weighted by atomic mass is 35.5. The first-order valence-corrected chi connectivity index (χ1v) is 5.42. The highest BCUT2D eigenvalue weighted by Gasteiger charge is 2.44. The van der Waals surface area contributed by atoms with Crippen LogP contribution in [-0.4, -0.2) is 23.7 Å². The second-order valence-corrected chi connectivity index (χ2v) is 4.23. The van der Waals surface area contributed by atoms with Crippen molar-refractivity contribution in [1.29, 1.82) is 0 Å². The van der Waals surface area contributed by atoms with Crippen LogP contribution < -0.4 is 0 Å². The summed E-state index contributed by atoms with van der Waals surface area (Å²) in [6.07, 6.45) is 2.17. The molecule has 1 saturated heterocycles. The van der Waals surface area contributed by atoms with Crippen molar-refractivity contribution in [3.05, 3.63) is 34.9 Å². The van der Waals surface area contributed by atoms with Crippen molar-refractivity contribution in [2.24, 2.45) is 4.99 Å². The molecule has 78 valence electrons. The number of aliphatic imine (C=N–C) groups is 1. The molecule has 2 atom stereocenters. The fourth-order valence-electron chi connectivity index (χ4n) is 1.80. The summed E-state index contributed by atoms with van der Waals surface area (Å²) in [5.74, 6) is 0. The second kappa shape index (κ2) is 3.59. The molecule has 0 bridgehead atoms. The largest absolute Gasteiger partial charge is 0.272 e. The Labute approximate surface area is 93.3 Å². The first-order valence-electron chi connectivity index (χ1n) is 5.04. The van der Waals surface area contributed by atoms with E-state index >= 15 is 0 Å². The number of benzene rings is 1. The second-order valence-electron chi connectivity index (χ2n) is 3.79. The van der Waals surface area contributed by atoms with E-state index in [1.807, 2.05) is 17.2 Å². The molecule has 2 aliphatic rings. The average Bonchev–Trinajstić information content (AvgIpc) is 2.93. The van der Waals surface area contributed by atoms with Crippen molar-refractivity contribution in [2.75, 3.05) is 6.67 Å². The number of fused-ring (bicyclic) bond motifs is 1. The third kappa shape index (κ3) is 1.91. The molecule has 2 unspecified atom stereocenters. The third-order valence-corrected chi connectivity index (χ3v) is 2.98. The number of nitrogens with zero attached hydrogens (tertiary/aromatic N) is 2. The van der Waals surface area contributed by atoms with Crippen molar-refractivity contribution in [3.8, 4) is 0 Å². The summed E-state index contributed by atoms with van der Waals surface area (Å²) in [6.45, 7) is 0.709. The zero-order valence-electron chi connectivity index (χ0n) is 8.19. The van der Waals surface area contributed by atoms with E-state index in [1.165, 1.54) is 11.3 Å². The molecule has 4 heteroatoms. The maximum Gasteiger partial charge on any atom is 0.194 e. The molecule has 15 heavy (non-hydrogen) atoms. The van der Waals surface area contributed by atoms with Gasteiger partial charge in [-0.1, -0.05) is 23.7 Å². The van der Waals surface area contributed by atoms with E-state index in [9.17, 15) is 0 Å². The van der Waals surface area contributed by atoms with Gasteiger partial charge >= 0.3 is 0 Å². The molecule has 0 aromatic heterocycles. The Morgan fingerprint density at radius 1 is 1.33 bits per heavy atom. The van der Waals surface area contributed by atoms with Crippen LogP contribution in [0.25, 0.3) is 0 Å². The SMILES string of the molecule is Clc1ccc(CCC2=NCN3OC23)cc1. The van der Waals surface area contributed by atoms with E-state index in [-0.39, 0.29) is 6.23 Å². The Morgan fingerprint density at radius 2 is 2.13 bits per heavy atom. The van der Waals surface area contributed by atoms with Crippen LogP contribution in [0.4, 0.5) is 0 Å². The highest BCUT2D eigenvalue weighted by Crippen LogP contribution is 2.28. The van der Waals surface area contributed by atoms with Gasteiger partial charge in [0.1, 0.15) is 6.67 Å². The van der Waals surface area contributed by atoms with Gasteiger partial charge < -0.3 is 0 Å². The predicted octanol–water partition coefficient (Wildman–Crippen LogP) is 2.26. The molecule has 1 aromatic carbocycles. The van der Waals surface area contributed by atoms with Gasteiger partial charge in [-0.25, -0.2) is 0 Å². The van der Waals surface area contributed by atoms with Crippen LogP contribution in [0.3, 0.4) is 0 Å². The summed E-state index contributed by atoms with van der Waals surface area (Å²) in [5, 5.41) is 2.67. The minimum absolute atomic E-state index is 0.192. The first-order chi connectivity index (χ1) is 7.33. The third-order valence-electron chi connectivity index (χ3n) is 2.73. The lowest BCUT2D eigenvalue weighted by molar-refractivity contribution is 0.202. The summed E-state index contributed by atoms with van der Waals surface area (Å²) in [5.41, 5.74) is 2.46. The van der Waals surface area contributed by atoms with E-state index < -0.39 is 0 Å². The first kappa shape index (κ1) is 9.33. The van der Waals surface area contributed by atoms with Crippen molar-refractivity contribution in [3.63, 3.8) is 0 Å². The molecule has 0 aliphatic carbocycles. The topological polar surface area (TPSA) is 27.9 Å². The number of hydrogen-bond acceptors (Lipinski definition) is 3. The minimum atomic E-state index is 0.192. The van der Waals surface area contributed by atoms with Crippen LogP contribution in [0.1, 0.15) is 12.0 Å². The quantitative estimate of drug-likeness (QED) is 0.734. The number of aryl methyl sites for hydroxylation is 1. The summed E-state index contributed by atoms with van der Waals surface area (Å²) < 4.78 is 0. The van der Waals surface area contributed by atoms with Crippen LogP contribution in [0.15, 0.2) is 29.3 Å². The van der Waals surface area contributed by atoms with Crippen molar-refractivity contribution in [2.45, 2.75) is 19.1 Å². The lowest BCUT2D eigenvalue weighted by Gasteiger charge is -2.01. The molecule has 1 fully saturated rings. The Morgan fingerprint density at radius 3 is 2.73 bits per heavy atom. The highest BCUT2D eigenvalue weighted by molar-refractivity contribution is 6.30. The molecule has 0 amide bonds. The molecule has 0 radical (unpaired) electrons. The van der Waals surface area contributed by atoms with Crippen molar-refractivity contribution < 1.29 is 4.84 Å². The van der Waals surface area contributed by atoms with Gasteiger partial charge in [-0.15, -0.1) is 5.06 Å². The fraction of sp³-hybridized carbons (Fsp3) is 0.364. The zero-order chi connectivity index (χ0) is 10.3. The van der Waals surface area contributed by atoms with Crippen molar-refractivity contribution in [1.82, 2.24) is 5.06 Å². The molecule has 0 saturated carbocycles. The van der Waals surface area contributed by atoms with Gasteiger partial charge in [0.25, 0.3) is 0 Å². The number of hydrogen-bond donors (Lipinski definition) is 0. The van der Waals surface area contributed by atoms with Gasteiger partial charge in [0.15, 0.2) is 6.23 Å². The van der Waals surface area contributed by atoms with Gasteiger partial charge in [-0.05, 0) is 30.5 Å². The molecular formula is C11H11ClN2O. The lowest BCUT2D eigenvalue weighted by atomic mass is 10.1. The number of halogens is 1. The average molecular weight is 223 g/mol. The Kier molecular flexibility index (Phi) is 2.24. The van der Waals surface area contributed by atoms with Gasteiger partial charge in [0.2, 0.25) is 0 Å². The summed E-state index contributed by atoms with van der Waals surface area (Å²) >= 11 is 5.82. The van der Waals surface area contributed by atoms with E-state index in [4.69, 9.17) is 16.4 Å². The van der Waals surface area contributed by atoms with E-state index in [0.29, 0.717) is 6.67 Å². The monoisotopic (exact) mass is 222 g/mol. The van der Waals surface area contributed by atoms with Gasteiger partial charge in [-0.3, -0.25) is 9.83 Å².